The average molecular weight is 429 g/mol. The molecule has 0 spiro atoms. The predicted octanol–water partition coefficient (Wildman–Crippen LogP) is 3.53. The van der Waals surface area contributed by atoms with Crippen LogP contribution in [0.5, 0.6) is 0 Å². The van der Waals surface area contributed by atoms with Crippen molar-refractivity contribution in [3.05, 3.63) is 36.0 Å². The maximum Gasteiger partial charge on any atom is 0.312 e. The number of hydrogen-bond acceptors (Lipinski definition) is 3. The van der Waals surface area contributed by atoms with E-state index in [1.807, 2.05) is 44.3 Å². The lowest BCUT2D eigenvalue weighted by molar-refractivity contribution is -0.132. The third-order valence-corrected chi connectivity index (χ3v) is 5.48. The minimum Gasteiger partial charge on any atom is -0.361 e. The summed E-state index contributed by atoms with van der Waals surface area (Å²) in [6.45, 7) is 8.30. The number of aromatic amines is 1. The molecule has 5 N–H and O–H groups in total. The molecular formula is C24H36N4O3. The van der Waals surface area contributed by atoms with Gasteiger partial charge in [-0.3, -0.25) is 9.59 Å². The van der Waals surface area contributed by atoms with E-state index in [1.54, 1.807) is 0 Å². The molecule has 7 nitrogen and oxygen atoms in total. The molecule has 0 radical (unpaired) electrons. The van der Waals surface area contributed by atoms with Crippen LogP contribution in [0.3, 0.4) is 0 Å². The molecule has 2 aromatic rings. The van der Waals surface area contributed by atoms with Gasteiger partial charge in [0.05, 0.1) is 6.04 Å². The average Bonchev–Trinajstić information content (AvgIpc) is 3.11. The molecule has 2 rings (SSSR count). The first-order valence-electron chi connectivity index (χ1n) is 11.1. The molecule has 1 heterocycles. The maximum absolute atomic E-state index is 13.2. The van der Waals surface area contributed by atoms with E-state index in [9.17, 15) is 14.4 Å². The largest absolute Gasteiger partial charge is 0.361 e. The zero-order valence-corrected chi connectivity index (χ0v) is 19.0. The second kappa shape index (κ2) is 11.5. The van der Waals surface area contributed by atoms with Crippen LogP contribution in [0.4, 0.5) is 4.79 Å². The molecule has 0 aliphatic heterocycles. The number of ketones is 1. The molecule has 0 unspecified atom stereocenters. The normalized spacial score (nSPS) is 13.4. The van der Waals surface area contributed by atoms with Gasteiger partial charge in [-0.25, -0.2) is 4.79 Å². The van der Waals surface area contributed by atoms with E-state index in [2.05, 4.69) is 29.5 Å². The third kappa shape index (κ3) is 7.42. The van der Waals surface area contributed by atoms with E-state index in [4.69, 9.17) is 5.73 Å². The number of urea groups is 1. The number of amides is 3. The summed E-state index contributed by atoms with van der Waals surface area (Å²) >= 11 is 0. The molecular weight excluding hydrogens is 392 g/mol. The SMILES string of the molecule is CC(C)C[C@@H](CCCNC(N)=O)C(=O)N[C@@H](Cc1c[nH]c2ccccc12)C(=O)C(C)C. The summed E-state index contributed by atoms with van der Waals surface area (Å²) in [6.07, 6.45) is 4.36. The van der Waals surface area contributed by atoms with Crippen LogP contribution in [0.15, 0.2) is 30.5 Å². The number of carbonyl (C=O) groups excluding carboxylic acids is 3. The summed E-state index contributed by atoms with van der Waals surface area (Å²) in [5.41, 5.74) is 7.14. The van der Waals surface area contributed by atoms with E-state index >= 15 is 0 Å². The van der Waals surface area contributed by atoms with Gasteiger partial charge in [-0.05, 0) is 36.8 Å². The Labute approximate surface area is 184 Å². The summed E-state index contributed by atoms with van der Waals surface area (Å²) in [6, 6.07) is 6.81. The number of nitrogens with two attached hydrogens (primary N) is 1. The number of benzene rings is 1. The summed E-state index contributed by atoms with van der Waals surface area (Å²) in [4.78, 5) is 40.2. The summed E-state index contributed by atoms with van der Waals surface area (Å²) in [7, 11) is 0. The fraction of sp³-hybridized carbons (Fsp3) is 0.542. The molecule has 1 aromatic heterocycles. The summed E-state index contributed by atoms with van der Waals surface area (Å²) in [5.74, 6) is -0.143. The molecule has 1 aromatic carbocycles. The zero-order valence-electron chi connectivity index (χ0n) is 19.0. The summed E-state index contributed by atoms with van der Waals surface area (Å²) < 4.78 is 0. The van der Waals surface area contributed by atoms with Crippen molar-refractivity contribution < 1.29 is 14.4 Å². The molecule has 170 valence electrons. The van der Waals surface area contributed by atoms with Crippen LogP contribution in [0.25, 0.3) is 10.9 Å². The van der Waals surface area contributed by atoms with E-state index in [1.165, 1.54) is 0 Å². The van der Waals surface area contributed by atoms with Gasteiger partial charge < -0.3 is 21.4 Å². The fourth-order valence-corrected chi connectivity index (χ4v) is 3.92. The van der Waals surface area contributed by atoms with Gasteiger partial charge in [0, 0.05) is 41.9 Å². The Bertz CT molecular complexity index is 888. The Morgan fingerprint density at radius 2 is 1.81 bits per heavy atom. The molecule has 0 aliphatic carbocycles. The van der Waals surface area contributed by atoms with Gasteiger partial charge in [0.2, 0.25) is 5.91 Å². The van der Waals surface area contributed by atoms with Crippen molar-refractivity contribution in [2.45, 2.75) is 59.4 Å². The van der Waals surface area contributed by atoms with Crippen LogP contribution in [0, 0.1) is 17.8 Å². The monoisotopic (exact) mass is 428 g/mol. The second-order valence-corrected chi connectivity index (χ2v) is 8.94. The van der Waals surface area contributed by atoms with E-state index < -0.39 is 12.1 Å². The van der Waals surface area contributed by atoms with Crippen molar-refractivity contribution in [2.75, 3.05) is 6.54 Å². The highest BCUT2D eigenvalue weighted by Gasteiger charge is 2.28. The van der Waals surface area contributed by atoms with Crippen molar-refractivity contribution in [2.24, 2.45) is 23.5 Å². The lowest BCUT2D eigenvalue weighted by Crippen LogP contribution is -2.46. The lowest BCUT2D eigenvalue weighted by atomic mass is 9.90. The number of para-hydroxylation sites is 1. The highest BCUT2D eigenvalue weighted by molar-refractivity contribution is 5.92. The number of carbonyl (C=O) groups is 3. The Balaban J connectivity index is 2.13. The number of hydrogen-bond donors (Lipinski definition) is 4. The quantitative estimate of drug-likeness (QED) is 0.387. The molecule has 0 saturated heterocycles. The lowest BCUT2D eigenvalue weighted by Gasteiger charge is -2.24. The highest BCUT2D eigenvalue weighted by atomic mass is 16.2. The van der Waals surface area contributed by atoms with Crippen LogP contribution in [0.1, 0.15) is 52.5 Å². The first-order valence-corrected chi connectivity index (χ1v) is 11.1. The zero-order chi connectivity index (χ0) is 23.0. The number of nitrogens with one attached hydrogen (secondary N) is 3. The van der Waals surface area contributed by atoms with Crippen LogP contribution in [-0.2, 0) is 16.0 Å². The minimum absolute atomic E-state index is 0.0253. The molecule has 0 fully saturated rings. The van der Waals surface area contributed by atoms with Crippen molar-refractivity contribution in [3.63, 3.8) is 0 Å². The van der Waals surface area contributed by atoms with E-state index in [-0.39, 0.29) is 23.5 Å². The Hall–Kier alpha value is -2.83. The number of rotatable bonds is 12. The van der Waals surface area contributed by atoms with Gasteiger partial charge in [-0.2, -0.15) is 0 Å². The Morgan fingerprint density at radius 1 is 1.10 bits per heavy atom. The minimum atomic E-state index is -0.579. The molecule has 0 saturated carbocycles. The highest BCUT2D eigenvalue weighted by Crippen LogP contribution is 2.22. The number of aromatic nitrogens is 1. The van der Waals surface area contributed by atoms with E-state index in [0.717, 1.165) is 22.9 Å². The van der Waals surface area contributed by atoms with Gasteiger partial charge in [0.1, 0.15) is 0 Å². The Morgan fingerprint density at radius 3 is 2.45 bits per heavy atom. The first kappa shape index (κ1) is 24.4. The molecule has 0 aliphatic rings. The maximum atomic E-state index is 13.2. The first-order chi connectivity index (χ1) is 14.7. The van der Waals surface area contributed by atoms with Crippen molar-refractivity contribution in [1.82, 2.24) is 15.6 Å². The number of fused-ring (bicyclic) bond motifs is 1. The summed E-state index contributed by atoms with van der Waals surface area (Å²) in [5, 5.41) is 6.67. The number of Topliss-reactive ketones (excluding diaryl/α,β-unsaturated/α-hetero) is 1. The topological polar surface area (TPSA) is 117 Å². The van der Waals surface area contributed by atoms with Gasteiger partial charge >= 0.3 is 6.03 Å². The second-order valence-electron chi connectivity index (χ2n) is 8.94. The van der Waals surface area contributed by atoms with Gasteiger partial charge in [-0.1, -0.05) is 45.9 Å². The number of primary amides is 1. The van der Waals surface area contributed by atoms with Gasteiger partial charge in [-0.15, -0.1) is 0 Å². The van der Waals surface area contributed by atoms with Crippen molar-refractivity contribution in [1.29, 1.82) is 0 Å². The van der Waals surface area contributed by atoms with Crippen molar-refractivity contribution >= 4 is 28.6 Å². The van der Waals surface area contributed by atoms with Crippen LogP contribution in [-0.4, -0.2) is 35.3 Å². The predicted molar refractivity (Wildman–Crippen MR) is 124 cm³/mol. The van der Waals surface area contributed by atoms with Crippen LogP contribution < -0.4 is 16.4 Å². The number of H-pyrrole nitrogens is 1. The molecule has 2 atom stereocenters. The third-order valence-electron chi connectivity index (χ3n) is 5.48. The molecule has 0 bridgehead atoms. The molecule has 3 amide bonds. The van der Waals surface area contributed by atoms with E-state index in [0.29, 0.717) is 31.7 Å². The van der Waals surface area contributed by atoms with Gasteiger partial charge in [0.25, 0.3) is 0 Å². The fourth-order valence-electron chi connectivity index (χ4n) is 3.92. The van der Waals surface area contributed by atoms with Crippen LogP contribution in [0.2, 0.25) is 0 Å². The smallest absolute Gasteiger partial charge is 0.312 e. The van der Waals surface area contributed by atoms with Crippen molar-refractivity contribution in [3.8, 4) is 0 Å². The molecule has 31 heavy (non-hydrogen) atoms. The standard InChI is InChI=1S/C24H36N4O3/c1-15(2)12-17(8-7-11-26-24(25)31)23(30)28-21(22(29)16(3)4)13-18-14-27-20-10-6-5-9-19(18)20/h5-6,9-10,14-17,21,27H,7-8,11-13H2,1-4H3,(H,28,30)(H3,25,26,31)/t17-,21+/m1/s1. The van der Waals surface area contributed by atoms with Gasteiger partial charge in [0.15, 0.2) is 5.78 Å². The van der Waals surface area contributed by atoms with Crippen LogP contribution >= 0.6 is 0 Å². The Kier molecular flexibility index (Phi) is 9.09. The molecule has 7 heteroatoms.